The molecule has 1 N–H and O–H groups in total. The van der Waals surface area contributed by atoms with E-state index >= 15 is 0 Å². The largest absolute Gasteiger partial charge is 0.496 e. The van der Waals surface area contributed by atoms with Gasteiger partial charge in [0.05, 0.1) is 24.9 Å². The molecule has 0 saturated heterocycles. The Morgan fingerprint density at radius 1 is 1.18 bits per heavy atom. The minimum atomic E-state index is -0.340. The molecule has 0 fully saturated rings. The van der Waals surface area contributed by atoms with Crippen LogP contribution in [0.5, 0.6) is 5.75 Å². The van der Waals surface area contributed by atoms with Gasteiger partial charge in [0.15, 0.2) is 0 Å². The Morgan fingerprint density at radius 3 is 2.71 bits per heavy atom. The number of rotatable bonds is 8. The van der Waals surface area contributed by atoms with E-state index in [1.54, 1.807) is 36.4 Å². The smallest absolute Gasteiger partial charge is 0.277 e. The Morgan fingerprint density at radius 2 is 1.97 bits per heavy atom. The van der Waals surface area contributed by atoms with Gasteiger partial charge in [-0.25, -0.2) is 4.98 Å². The highest BCUT2D eigenvalue weighted by Crippen LogP contribution is 2.24. The zero-order chi connectivity index (χ0) is 24.2. The van der Waals surface area contributed by atoms with Gasteiger partial charge in [0.25, 0.3) is 17.2 Å². The lowest BCUT2D eigenvalue weighted by Gasteiger charge is -2.21. The van der Waals surface area contributed by atoms with Gasteiger partial charge >= 0.3 is 0 Å². The fourth-order valence-electron chi connectivity index (χ4n) is 3.83. The molecule has 34 heavy (non-hydrogen) atoms. The van der Waals surface area contributed by atoms with Crippen molar-refractivity contribution < 1.29 is 9.53 Å². The molecule has 2 aromatic heterocycles. The van der Waals surface area contributed by atoms with Gasteiger partial charge in [0, 0.05) is 10.6 Å². The topological polar surface area (TPSA) is 92.6 Å². The number of aromatic amines is 1. The molecule has 0 bridgehead atoms. The molecule has 0 aliphatic heterocycles. The standard InChI is InChI=1S/C25H26ClN5O3/c1-4-5-11-19-16(2)27-24-28-25(29-31(24)23(19)33)30(15-17-9-8-10-18(26)14-17)22(32)20-12-6-7-13-21(20)34-3/h6-10,12-14H,4-5,11,15H2,1-3H3,(H,27,28,29). The summed E-state index contributed by atoms with van der Waals surface area (Å²) in [7, 11) is 1.51. The first-order valence-electron chi connectivity index (χ1n) is 11.1. The third-order valence-electron chi connectivity index (χ3n) is 5.63. The van der Waals surface area contributed by atoms with E-state index in [4.69, 9.17) is 16.3 Å². The van der Waals surface area contributed by atoms with Crippen molar-refractivity contribution in [1.82, 2.24) is 19.6 Å². The number of anilines is 1. The SMILES string of the molecule is CCCCc1c(C)nc2nc(N(Cc3cccc(Cl)c3)C(=O)c3ccccc3OC)[nH]n2c1=O. The lowest BCUT2D eigenvalue weighted by Crippen LogP contribution is -2.32. The minimum Gasteiger partial charge on any atom is -0.496 e. The first-order chi connectivity index (χ1) is 16.4. The molecule has 9 heteroatoms. The lowest BCUT2D eigenvalue weighted by atomic mass is 10.1. The molecular formula is C25H26ClN5O3. The molecule has 0 aliphatic carbocycles. The number of benzene rings is 2. The third-order valence-corrected chi connectivity index (χ3v) is 5.87. The number of carbonyl (C=O) groups excluding carboxylic acids is 1. The number of hydrogen-bond donors (Lipinski definition) is 1. The summed E-state index contributed by atoms with van der Waals surface area (Å²) in [5.74, 6) is 0.509. The van der Waals surface area contributed by atoms with Crippen molar-refractivity contribution in [3.8, 4) is 5.75 Å². The summed E-state index contributed by atoms with van der Waals surface area (Å²) in [5, 5.41) is 3.55. The van der Waals surface area contributed by atoms with Gasteiger partial charge in [0.2, 0.25) is 5.95 Å². The van der Waals surface area contributed by atoms with E-state index in [-0.39, 0.29) is 29.7 Å². The molecule has 0 spiro atoms. The van der Waals surface area contributed by atoms with E-state index in [1.165, 1.54) is 16.5 Å². The molecule has 8 nitrogen and oxygen atoms in total. The molecule has 0 atom stereocenters. The van der Waals surface area contributed by atoms with Crippen LogP contribution in [0.2, 0.25) is 5.02 Å². The van der Waals surface area contributed by atoms with Crippen LogP contribution in [0.25, 0.3) is 5.78 Å². The van der Waals surface area contributed by atoms with Crippen LogP contribution in [0.1, 0.15) is 46.9 Å². The number of halogens is 1. The summed E-state index contributed by atoms with van der Waals surface area (Å²) >= 11 is 6.18. The highest BCUT2D eigenvalue weighted by Gasteiger charge is 2.25. The molecule has 0 aliphatic rings. The van der Waals surface area contributed by atoms with E-state index in [1.807, 2.05) is 19.1 Å². The Labute approximate surface area is 202 Å². The van der Waals surface area contributed by atoms with E-state index in [0.717, 1.165) is 18.4 Å². The highest BCUT2D eigenvalue weighted by molar-refractivity contribution is 6.30. The summed E-state index contributed by atoms with van der Waals surface area (Å²) < 4.78 is 6.70. The number of methoxy groups -OCH3 is 1. The number of para-hydroxylation sites is 1. The molecule has 2 aromatic carbocycles. The number of nitrogens with one attached hydrogen (secondary N) is 1. The van der Waals surface area contributed by atoms with Crippen LogP contribution in [0.15, 0.2) is 53.3 Å². The third kappa shape index (κ3) is 4.68. The fourth-order valence-corrected chi connectivity index (χ4v) is 4.05. The Bertz CT molecular complexity index is 1400. The summed E-state index contributed by atoms with van der Waals surface area (Å²) in [6.45, 7) is 4.06. The van der Waals surface area contributed by atoms with Crippen LogP contribution in [-0.2, 0) is 13.0 Å². The number of carbonyl (C=O) groups is 1. The number of fused-ring (bicyclic) bond motifs is 1. The Balaban J connectivity index is 1.83. The second-order valence-corrected chi connectivity index (χ2v) is 8.43. The van der Waals surface area contributed by atoms with Gasteiger partial charge in [-0.05, 0) is 49.6 Å². The molecule has 0 saturated carbocycles. The normalized spacial score (nSPS) is 11.1. The molecule has 0 unspecified atom stereocenters. The monoisotopic (exact) mass is 479 g/mol. The summed E-state index contributed by atoms with van der Waals surface area (Å²) in [4.78, 5) is 37.3. The van der Waals surface area contributed by atoms with Crippen LogP contribution in [-0.4, -0.2) is 32.6 Å². The summed E-state index contributed by atoms with van der Waals surface area (Å²) in [6.07, 6.45) is 2.49. The fraction of sp³-hybridized carbons (Fsp3) is 0.280. The van der Waals surface area contributed by atoms with Crippen LogP contribution in [0.4, 0.5) is 5.95 Å². The first kappa shape index (κ1) is 23.5. The number of nitrogens with zero attached hydrogens (tertiary/aromatic N) is 4. The summed E-state index contributed by atoms with van der Waals surface area (Å²) in [6, 6.07) is 14.2. The molecule has 1 amide bonds. The van der Waals surface area contributed by atoms with E-state index in [2.05, 4.69) is 22.0 Å². The van der Waals surface area contributed by atoms with Crippen LogP contribution < -0.4 is 15.2 Å². The van der Waals surface area contributed by atoms with Gasteiger partial charge in [0.1, 0.15) is 5.75 Å². The molecule has 4 aromatic rings. The average molecular weight is 480 g/mol. The predicted molar refractivity (Wildman–Crippen MR) is 132 cm³/mol. The van der Waals surface area contributed by atoms with Crippen molar-refractivity contribution in [2.45, 2.75) is 39.7 Å². The second-order valence-electron chi connectivity index (χ2n) is 7.99. The van der Waals surface area contributed by atoms with Gasteiger partial charge in [-0.2, -0.15) is 9.50 Å². The van der Waals surface area contributed by atoms with Gasteiger partial charge in [-0.3, -0.25) is 19.6 Å². The van der Waals surface area contributed by atoms with Crippen molar-refractivity contribution in [2.24, 2.45) is 0 Å². The minimum absolute atomic E-state index is 0.174. The number of aromatic nitrogens is 4. The van der Waals surface area contributed by atoms with Crippen molar-refractivity contribution in [1.29, 1.82) is 0 Å². The van der Waals surface area contributed by atoms with Crippen molar-refractivity contribution in [2.75, 3.05) is 12.0 Å². The number of amides is 1. The zero-order valence-corrected chi connectivity index (χ0v) is 20.1. The van der Waals surface area contributed by atoms with Crippen molar-refractivity contribution in [3.05, 3.63) is 86.3 Å². The van der Waals surface area contributed by atoms with Crippen LogP contribution in [0.3, 0.4) is 0 Å². The molecule has 4 rings (SSSR count). The molecule has 176 valence electrons. The second kappa shape index (κ2) is 10.1. The first-order valence-corrected chi connectivity index (χ1v) is 11.5. The maximum atomic E-state index is 13.7. The van der Waals surface area contributed by atoms with E-state index in [0.29, 0.717) is 34.0 Å². The lowest BCUT2D eigenvalue weighted by molar-refractivity contribution is 0.0980. The van der Waals surface area contributed by atoms with Gasteiger partial charge in [-0.1, -0.05) is 49.2 Å². The van der Waals surface area contributed by atoms with Gasteiger partial charge < -0.3 is 4.74 Å². The van der Waals surface area contributed by atoms with Crippen LogP contribution >= 0.6 is 11.6 Å². The van der Waals surface area contributed by atoms with Crippen LogP contribution in [0, 0.1) is 6.92 Å². The predicted octanol–water partition coefficient (Wildman–Crippen LogP) is 4.58. The number of aryl methyl sites for hydroxylation is 1. The van der Waals surface area contributed by atoms with Gasteiger partial charge in [-0.15, -0.1) is 0 Å². The van der Waals surface area contributed by atoms with Crippen molar-refractivity contribution in [3.63, 3.8) is 0 Å². The number of unbranched alkanes of at least 4 members (excludes halogenated alkanes) is 1. The average Bonchev–Trinajstić information content (AvgIpc) is 3.26. The number of ether oxygens (including phenoxy) is 1. The summed E-state index contributed by atoms with van der Waals surface area (Å²) in [5.41, 5.74) is 2.26. The molecule has 0 radical (unpaired) electrons. The van der Waals surface area contributed by atoms with Crippen molar-refractivity contribution >= 4 is 29.2 Å². The maximum absolute atomic E-state index is 13.7. The Hall–Kier alpha value is -3.65. The van der Waals surface area contributed by atoms with E-state index in [9.17, 15) is 9.59 Å². The zero-order valence-electron chi connectivity index (χ0n) is 19.3. The van der Waals surface area contributed by atoms with E-state index < -0.39 is 0 Å². The molecule has 2 heterocycles. The Kier molecular flexibility index (Phi) is 6.98. The number of hydrogen-bond acceptors (Lipinski definition) is 5. The highest BCUT2D eigenvalue weighted by atomic mass is 35.5. The maximum Gasteiger partial charge on any atom is 0.277 e. The molecular weight excluding hydrogens is 454 g/mol. The number of H-pyrrole nitrogens is 1. The quantitative estimate of drug-likeness (QED) is 0.399.